The van der Waals surface area contributed by atoms with Gasteiger partial charge >= 0.3 is 0 Å². The number of rotatable bonds is 2. The third kappa shape index (κ3) is 2.36. The summed E-state index contributed by atoms with van der Waals surface area (Å²) in [5.74, 6) is -0.252. The van der Waals surface area contributed by atoms with Crippen LogP contribution in [0, 0.1) is 5.82 Å². The Hall–Kier alpha value is -2.16. The molecule has 1 saturated heterocycles. The quantitative estimate of drug-likeness (QED) is 0.877. The van der Waals surface area contributed by atoms with Crippen LogP contribution in [0.15, 0.2) is 54.6 Å². The van der Waals surface area contributed by atoms with E-state index in [0.29, 0.717) is 6.42 Å². The summed E-state index contributed by atoms with van der Waals surface area (Å²) >= 11 is 0. The maximum Gasteiger partial charge on any atom is 0.221 e. The van der Waals surface area contributed by atoms with E-state index < -0.39 is 0 Å². The molecule has 2 unspecified atom stereocenters. The Morgan fingerprint density at radius 1 is 1.00 bits per heavy atom. The lowest BCUT2D eigenvalue weighted by Crippen LogP contribution is -2.20. The van der Waals surface area contributed by atoms with Crippen molar-refractivity contribution in [2.24, 2.45) is 0 Å². The molecule has 1 amide bonds. The number of amides is 1. The van der Waals surface area contributed by atoms with E-state index >= 15 is 0 Å². The molecule has 0 radical (unpaired) electrons. The summed E-state index contributed by atoms with van der Waals surface area (Å²) in [6.07, 6.45) is 0.406. The first kappa shape index (κ1) is 11.9. The molecule has 0 aromatic heterocycles. The molecule has 1 aliphatic heterocycles. The predicted molar refractivity (Wildman–Crippen MR) is 71.1 cm³/mol. The van der Waals surface area contributed by atoms with Gasteiger partial charge in [0.1, 0.15) is 5.82 Å². The number of halogens is 1. The third-order valence-corrected chi connectivity index (χ3v) is 3.56. The van der Waals surface area contributed by atoms with Crippen molar-refractivity contribution in [1.29, 1.82) is 0 Å². The van der Waals surface area contributed by atoms with Gasteiger partial charge in [-0.05, 0) is 23.3 Å². The van der Waals surface area contributed by atoms with Crippen molar-refractivity contribution in [3.8, 4) is 0 Å². The average Bonchev–Trinajstić information content (AvgIpc) is 2.82. The number of carbonyl (C=O) groups excluding carboxylic acids is 1. The van der Waals surface area contributed by atoms with Gasteiger partial charge in [0.05, 0.1) is 6.04 Å². The number of benzene rings is 2. The molecule has 2 nitrogen and oxygen atoms in total. The molecule has 0 saturated carbocycles. The molecule has 0 aliphatic carbocycles. The maximum absolute atomic E-state index is 13.3. The molecule has 1 heterocycles. The molecule has 2 aromatic rings. The van der Waals surface area contributed by atoms with Gasteiger partial charge in [0.15, 0.2) is 0 Å². The second-order valence-corrected chi connectivity index (χ2v) is 4.82. The Balaban J connectivity index is 1.97. The zero-order valence-electron chi connectivity index (χ0n) is 10.3. The standard InChI is InChI=1S/C16H14FNO/c17-13-8-4-7-12(9-13)14-10-15(19)18-16(14)11-5-2-1-3-6-11/h1-9,14,16H,10H2,(H,18,19). The minimum atomic E-state index is -0.260. The van der Waals surface area contributed by atoms with Gasteiger partial charge in [-0.25, -0.2) is 4.39 Å². The summed E-state index contributed by atoms with van der Waals surface area (Å²) in [6.45, 7) is 0. The number of hydrogen-bond acceptors (Lipinski definition) is 1. The summed E-state index contributed by atoms with van der Waals surface area (Å²) in [7, 11) is 0. The average molecular weight is 255 g/mol. The number of nitrogens with one attached hydrogen (secondary N) is 1. The Bertz CT molecular complexity index is 597. The van der Waals surface area contributed by atoms with Crippen molar-refractivity contribution in [2.45, 2.75) is 18.4 Å². The van der Waals surface area contributed by atoms with Crippen LogP contribution in [-0.2, 0) is 4.79 Å². The summed E-state index contributed by atoms with van der Waals surface area (Å²) < 4.78 is 13.3. The van der Waals surface area contributed by atoms with Crippen molar-refractivity contribution in [3.05, 3.63) is 71.5 Å². The molecule has 2 atom stereocenters. The lowest BCUT2D eigenvalue weighted by atomic mass is 9.88. The van der Waals surface area contributed by atoms with E-state index in [1.807, 2.05) is 36.4 Å². The van der Waals surface area contributed by atoms with Gasteiger partial charge in [0, 0.05) is 12.3 Å². The largest absolute Gasteiger partial charge is 0.349 e. The minimum Gasteiger partial charge on any atom is -0.349 e. The second-order valence-electron chi connectivity index (χ2n) is 4.82. The molecule has 1 aliphatic rings. The summed E-state index contributed by atoms with van der Waals surface area (Å²) in [4.78, 5) is 11.7. The summed E-state index contributed by atoms with van der Waals surface area (Å²) in [6, 6.07) is 16.2. The molecule has 3 heteroatoms. The fraction of sp³-hybridized carbons (Fsp3) is 0.188. The van der Waals surface area contributed by atoms with Crippen LogP contribution in [0.4, 0.5) is 4.39 Å². The van der Waals surface area contributed by atoms with E-state index in [-0.39, 0.29) is 23.7 Å². The maximum atomic E-state index is 13.3. The second kappa shape index (κ2) is 4.84. The zero-order chi connectivity index (χ0) is 13.2. The first-order chi connectivity index (χ1) is 9.24. The molecule has 96 valence electrons. The van der Waals surface area contributed by atoms with E-state index in [1.165, 1.54) is 12.1 Å². The number of carbonyl (C=O) groups is 1. The fourth-order valence-electron chi connectivity index (χ4n) is 2.67. The van der Waals surface area contributed by atoms with Crippen molar-refractivity contribution in [3.63, 3.8) is 0 Å². The SMILES string of the molecule is O=C1CC(c2cccc(F)c2)C(c2ccccc2)N1. The van der Waals surface area contributed by atoms with E-state index in [9.17, 15) is 9.18 Å². The molecule has 3 rings (SSSR count). The molecular weight excluding hydrogens is 241 g/mol. The van der Waals surface area contributed by atoms with Crippen LogP contribution in [0.1, 0.15) is 29.5 Å². The van der Waals surface area contributed by atoms with Gasteiger partial charge in [0.2, 0.25) is 5.91 Å². The van der Waals surface area contributed by atoms with Crippen molar-refractivity contribution >= 4 is 5.91 Å². The van der Waals surface area contributed by atoms with E-state index in [1.54, 1.807) is 6.07 Å². The normalized spacial score (nSPS) is 22.3. The van der Waals surface area contributed by atoms with Gasteiger partial charge < -0.3 is 5.32 Å². The fourth-order valence-corrected chi connectivity index (χ4v) is 2.67. The summed E-state index contributed by atoms with van der Waals surface area (Å²) in [5.41, 5.74) is 1.93. The van der Waals surface area contributed by atoms with Crippen molar-refractivity contribution in [1.82, 2.24) is 5.32 Å². The van der Waals surface area contributed by atoms with Crippen LogP contribution >= 0.6 is 0 Å². The van der Waals surface area contributed by atoms with E-state index in [4.69, 9.17) is 0 Å². The van der Waals surface area contributed by atoms with E-state index in [2.05, 4.69) is 5.32 Å². The van der Waals surface area contributed by atoms with Crippen LogP contribution in [0.25, 0.3) is 0 Å². The van der Waals surface area contributed by atoms with Crippen LogP contribution in [0.5, 0.6) is 0 Å². The van der Waals surface area contributed by atoms with E-state index in [0.717, 1.165) is 11.1 Å². The zero-order valence-corrected chi connectivity index (χ0v) is 10.3. The van der Waals surface area contributed by atoms with Gasteiger partial charge in [-0.3, -0.25) is 4.79 Å². The van der Waals surface area contributed by atoms with Crippen molar-refractivity contribution in [2.75, 3.05) is 0 Å². The molecule has 1 N–H and O–H groups in total. The molecule has 0 spiro atoms. The minimum absolute atomic E-state index is 0.00870. The Morgan fingerprint density at radius 3 is 2.47 bits per heavy atom. The van der Waals surface area contributed by atoms with Crippen LogP contribution in [0.2, 0.25) is 0 Å². The van der Waals surface area contributed by atoms with Crippen LogP contribution < -0.4 is 5.32 Å². The van der Waals surface area contributed by atoms with Gasteiger partial charge in [-0.1, -0.05) is 42.5 Å². The molecule has 2 aromatic carbocycles. The highest BCUT2D eigenvalue weighted by Crippen LogP contribution is 2.38. The Morgan fingerprint density at radius 2 is 1.74 bits per heavy atom. The molecule has 19 heavy (non-hydrogen) atoms. The highest BCUT2D eigenvalue weighted by atomic mass is 19.1. The predicted octanol–water partition coefficient (Wildman–Crippen LogP) is 3.17. The Labute approximate surface area is 111 Å². The smallest absolute Gasteiger partial charge is 0.221 e. The van der Waals surface area contributed by atoms with Gasteiger partial charge in [-0.15, -0.1) is 0 Å². The Kier molecular flexibility index (Phi) is 3.03. The lowest BCUT2D eigenvalue weighted by Gasteiger charge is -2.19. The van der Waals surface area contributed by atoms with Gasteiger partial charge in [0.25, 0.3) is 0 Å². The first-order valence-corrected chi connectivity index (χ1v) is 6.34. The molecule has 0 bridgehead atoms. The highest BCUT2D eigenvalue weighted by Gasteiger charge is 2.34. The van der Waals surface area contributed by atoms with Crippen LogP contribution in [-0.4, -0.2) is 5.91 Å². The van der Waals surface area contributed by atoms with Crippen LogP contribution in [0.3, 0.4) is 0 Å². The molecule has 1 fully saturated rings. The number of hydrogen-bond donors (Lipinski definition) is 1. The first-order valence-electron chi connectivity index (χ1n) is 6.34. The summed E-state index contributed by atoms with van der Waals surface area (Å²) in [5, 5.41) is 2.98. The topological polar surface area (TPSA) is 29.1 Å². The monoisotopic (exact) mass is 255 g/mol. The van der Waals surface area contributed by atoms with Crippen molar-refractivity contribution < 1.29 is 9.18 Å². The lowest BCUT2D eigenvalue weighted by molar-refractivity contribution is -0.119. The highest BCUT2D eigenvalue weighted by molar-refractivity contribution is 5.80. The molecular formula is C16H14FNO. The van der Waals surface area contributed by atoms with Gasteiger partial charge in [-0.2, -0.15) is 0 Å². The third-order valence-electron chi connectivity index (χ3n) is 3.56.